The largest absolute Gasteiger partial charge is 0.386 e. The minimum atomic E-state index is -0.857. The van der Waals surface area contributed by atoms with Gasteiger partial charge >= 0.3 is 5.97 Å². The fourth-order valence-corrected chi connectivity index (χ4v) is 1.78. The van der Waals surface area contributed by atoms with Crippen molar-refractivity contribution in [3.63, 3.8) is 0 Å². The van der Waals surface area contributed by atoms with Crippen LogP contribution >= 0.6 is 0 Å². The Morgan fingerprint density at radius 1 is 1.50 bits per heavy atom. The number of imidazole rings is 1. The number of benzene rings is 1. The Hall–Kier alpha value is -2.65. The standard InChI is InChI=1S/C14H13N3O3/c1-10(18)20-17-9-16-8-13(17)14(19)6-11-2-4-12(7-15)5-3-11/h2-5,8-9,14,19H,6H2,1H3. The molecule has 1 aromatic heterocycles. The van der Waals surface area contributed by atoms with Crippen molar-refractivity contribution in [1.82, 2.24) is 9.71 Å². The summed E-state index contributed by atoms with van der Waals surface area (Å²) in [6.07, 6.45) is 2.24. The van der Waals surface area contributed by atoms with E-state index in [-0.39, 0.29) is 0 Å². The quantitative estimate of drug-likeness (QED) is 0.896. The van der Waals surface area contributed by atoms with E-state index in [1.807, 2.05) is 6.07 Å². The molecular formula is C14H13N3O3. The van der Waals surface area contributed by atoms with E-state index in [0.29, 0.717) is 17.7 Å². The van der Waals surface area contributed by atoms with Crippen LogP contribution in [0.2, 0.25) is 0 Å². The second kappa shape index (κ2) is 5.99. The van der Waals surface area contributed by atoms with E-state index >= 15 is 0 Å². The summed E-state index contributed by atoms with van der Waals surface area (Å²) in [6, 6.07) is 8.95. The molecule has 102 valence electrons. The molecule has 6 heteroatoms. The van der Waals surface area contributed by atoms with Gasteiger partial charge in [0, 0.05) is 13.3 Å². The highest BCUT2D eigenvalue weighted by Gasteiger charge is 2.15. The third kappa shape index (κ3) is 3.22. The molecule has 2 rings (SSSR count). The van der Waals surface area contributed by atoms with Crippen LogP contribution in [-0.4, -0.2) is 20.8 Å². The molecule has 0 aliphatic rings. The van der Waals surface area contributed by atoms with Gasteiger partial charge in [-0.2, -0.15) is 9.99 Å². The molecule has 0 bridgehead atoms. The van der Waals surface area contributed by atoms with E-state index in [9.17, 15) is 9.90 Å². The fraction of sp³-hybridized carbons (Fsp3) is 0.214. The second-order valence-electron chi connectivity index (χ2n) is 4.26. The van der Waals surface area contributed by atoms with Crippen LogP contribution in [0.5, 0.6) is 0 Å². The van der Waals surface area contributed by atoms with Crippen molar-refractivity contribution in [2.75, 3.05) is 0 Å². The monoisotopic (exact) mass is 271 g/mol. The molecule has 0 saturated heterocycles. The van der Waals surface area contributed by atoms with Gasteiger partial charge in [-0.3, -0.25) is 0 Å². The van der Waals surface area contributed by atoms with Gasteiger partial charge in [-0.25, -0.2) is 9.78 Å². The lowest BCUT2D eigenvalue weighted by molar-refractivity contribution is -0.142. The topological polar surface area (TPSA) is 88.1 Å². The van der Waals surface area contributed by atoms with Crippen LogP contribution in [-0.2, 0) is 11.2 Å². The number of nitriles is 1. The number of aliphatic hydroxyl groups excluding tert-OH is 1. The zero-order chi connectivity index (χ0) is 14.5. The number of carbonyl (C=O) groups excluding carboxylic acids is 1. The molecule has 1 N–H and O–H groups in total. The smallest absolute Gasteiger partial charge is 0.329 e. The second-order valence-corrected chi connectivity index (χ2v) is 4.26. The van der Waals surface area contributed by atoms with Gasteiger partial charge < -0.3 is 9.94 Å². The molecule has 0 aliphatic heterocycles. The number of aliphatic hydroxyl groups is 1. The number of hydrogen-bond donors (Lipinski definition) is 1. The molecule has 0 spiro atoms. The van der Waals surface area contributed by atoms with Crippen molar-refractivity contribution in [3.05, 3.63) is 53.6 Å². The Kier molecular flexibility index (Phi) is 4.13. The van der Waals surface area contributed by atoms with Gasteiger partial charge in [-0.1, -0.05) is 12.1 Å². The first-order valence-electron chi connectivity index (χ1n) is 5.98. The maximum atomic E-state index is 10.9. The Bertz CT molecular complexity index is 640. The SMILES string of the molecule is CC(=O)On1cncc1C(O)Cc1ccc(C#N)cc1. The van der Waals surface area contributed by atoms with Crippen molar-refractivity contribution in [2.45, 2.75) is 19.4 Å². The summed E-state index contributed by atoms with van der Waals surface area (Å²) < 4.78 is 1.15. The van der Waals surface area contributed by atoms with E-state index in [1.165, 1.54) is 19.4 Å². The molecule has 0 saturated carbocycles. The molecule has 1 aromatic carbocycles. The van der Waals surface area contributed by atoms with E-state index in [4.69, 9.17) is 10.1 Å². The van der Waals surface area contributed by atoms with Gasteiger partial charge in [0.2, 0.25) is 0 Å². The number of rotatable bonds is 4. The summed E-state index contributed by atoms with van der Waals surface area (Å²) in [5.74, 6) is -0.491. The average Bonchev–Trinajstić information content (AvgIpc) is 2.87. The van der Waals surface area contributed by atoms with E-state index in [1.54, 1.807) is 24.3 Å². The van der Waals surface area contributed by atoms with E-state index in [0.717, 1.165) is 10.3 Å². The van der Waals surface area contributed by atoms with Crippen LogP contribution in [0.4, 0.5) is 0 Å². The van der Waals surface area contributed by atoms with Crippen molar-refractivity contribution >= 4 is 5.97 Å². The lowest BCUT2D eigenvalue weighted by atomic mass is 10.0. The third-order valence-corrected chi connectivity index (χ3v) is 2.71. The van der Waals surface area contributed by atoms with Gasteiger partial charge in [-0.15, -0.1) is 0 Å². The number of hydrogen-bond acceptors (Lipinski definition) is 5. The molecule has 0 aliphatic carbocycles. The number of carbonyl (C=O) groups is 1. The van der Waals surface area contributed by atoms with Crippen LogP contribution in [0.15, 0.2) is 36.8 Å². The summed E-state index contributed by atoms with van der Waals surface area (Å²) >= 11 is 0. The number of nitrogens with zero attached hydrogens (tertiary/aromatic N) is 3. The minimum absolute atomic E-state index is 0.332. The molecule has 2 aromatic rings. The van der Waals surface area contributed by atoms with Gasteiger partial charge in [0.15, 0.2) is 0 Å². The summed E-state index contributed by atoms with van der Waals surface area (Å²) in [6.45, 7) is 1.27. The third-order valence-electron chi connectivity index (χ3n) is 2.71. The molecule has 1 atom stereocenters. The van der Waals surface area contributed by atoms with Crippen LogP contribution in [0, 0.1) is 11.3 Å². The summed E-state index contributed by atoms with van der Waals surface area (Å²) in [7, 11) is 0. The van der Waals surface area contributed by atoms with Crippen LogP contribution in [0.25, 0.3) is 0 Å². The normalized spacial score (nSPS) is 11.7. The predicted molar refractivity (Wildman–Crippen MR) is 69.3 cm³/mol. The fourth-order valence-electron chi connectivity index (χ4n) is 1.78. The van der Waals surface area contributed by atoms with Crippen LogP contribution in [0.1, 0.15) is 29.8 Å². The predicted octanol–water partition coefficient (Wildman–Crippen LogP) is 1.01. The Labute approximate surface area is 115 Å². The van der Waals surface area contributed by atoms with Gasteiger partial charge in [0.05, 0.1) is 17.8 Å². The van der Waals surface area contributed by atoms with E-state index < -0.39 is 12.1 Å². The molecular weight excluding hydrogens is 258 g/mol. The highest BCUT2D eigenvalue weighted by atomic mass is 16.7. The highest BCUT2D eigenvalue weighted by Crippen LogP contribution is 2.17. The van der Waals surface area contributed by atoms with Gasteiger partial charge in [0.1, 0.15) is 18.1 Å². The summed E-state index contributed by atoms with van der Waals surface area (Å²) in [5, 5.41) is 18.9. The lowest BCUT2D eigenvalue weighted by Crippen LogP contribution is -2.20. The Balaban J connectivity index is 2.11. The van der Waals surface area contributed by atoms with Crippen molar-refractivity contribution in [1.29, 1.82) is 5.26 Å². The zero-order valence-electron chi connectivity index (χ0n) is 10.9. The molecule has 0 fully saturated rings. The first kappa shape index (κ1) is 13.8. The number of aromatic nitrogens is 2. The molecule has 0 radical (unpaired) electrons. The Morgan fingerprint density at radius 2 is 2.20 bits per heavy atom. The first-order valence-corrected chi connectivity index (χ1v) is 5.98. The van der Waals surface area contributed by atoms with Crippen molar-refractivity contribution < 1.29 is 14.7 Å². The Morgan fingerprint density at radius 3 is 2.80 bits per heavy atom. The molecule has 1 heterocycles. The van der Waals surface area contributed by atoms with E-state index in [2.05, 4.69) is 4.98 Å². The molecule has 1 unspecified atom stereocenters. The van der Waals surface area contributed by atoms with Gasteiger partial charge in [0.25, 0.3) is 0 Å². The molecule has 6 nitrogen and oxygen atoms in total. The minimum Gasteiger partial charge on any atom is -0.386 e. The molecule has 20 heavy (non-hydrogen) atoms. The van der Waals surface area contributed by atoms with Crippen LogP contribution < -0.4 is 4.84 Å². The van der Waals surface area contributed by atoms with Crippen molar-refractivity contribution in [3.8, 4) is 6.07 Å². The van der Waals surface area contributed by atoms with Gasteiger partial charge in [-0.05, 0) is 17.7 Å². The van der Waals surface area contributed by atoms with Crippen LogP contribution in [0.3, 0.4) is 0 Å². The summed E-state index contributed by atoms with van der Waals surface area (Å²) in [5.41, 5.74) is 1.82. The lowest BCUT2D eigenvalue weighted by Gasteiger charge is -2.12. The maximum absolute atomic E-state index is 10.9. The zero-order valence-corrected chi connectivity index (χ0v) is 10.9. The summed E-state index contributed by atoms with van der Waals surface area (Å²) in [4.78, 5) is 19.7. The highest BCUT2D eigenvalue weighted by molar-refractivity contribution is 5.66. The average molecular weight is 271 g/mol. The molecule has 0 amide bonds. The first-order chi connectivity index (χ1) is 9.60. The maximum Gasteiger partial charge on any atom is 0.329 e. The van der Waals surface area contributed by atoms with Crippen molar-refractivity contribution in [2.24, 2.45) is 0 Å².